The molecule has 0 aliphatic heterocycles. The Balaban J connectivity index is 2.30. The summed E-state index contributed by atoms with van der Waals surface area (Å²) in [6.07, 6.45) is 5.68. The first-order valence-corrected chi connectivity index (χ1v) is 3.87. The van der Waals surface area contributed by atoms with Crippen molar-refractivity contribution in [3.8, 4) is 0 Å². The molecule has 0 aromatic carbocycles. The summed E-state index contributed by atoms with van der Waals surface area (Å²) >= 11 is 0. The number of rotatable bonds is 0. The molecule has 10 heavy (non-hydrogen) atoms. The molecule has 0 amide bonds. The highest BCUT2D eigenvalue weighted by Crippen LogP contribution is 2.22. The van der Waals surface area contributed by atoms with Crippen molar-refractivity contribution in [3.63, 3.8) is 0 Å². The lowest BCUT2D eigenvalue weighted by atomic mass is 9.89. The number of fused-ring (bicyclic) bond motifs is 1. The van der Waals surface area contributed by atoms with Gasteiger partial charge in [-0.05, 0) is 30.7 Å². The molecule has 54 valence electrons. The Morgan fingerprint density at radius 2 is 2.60 bits per heavy atom. The minimum Gasteiger partial charge on any atom is -0.282 e. The quantitative estimate of drug-likeness (QED) is 0.575. The maximum atomic E-state index is 4.01. The zero-order valence-electron chi connectivity index (χ0n) is 6.22. The Kier molecular flexibility index (Phi) is 1.26. The fraction of sp³-hybridized carbons (Fsp3) is 0.625. The summed E-state index contributed by atoms with van der Waals surface area (Å²) in [6.45, 7) is 2.30. The van der Waals surface area contributed by atoms with Gasteiger partial charge >= 0.3 is 0 Å². The van der Waals surface area contributed by atoms with Crippen LogP contribution in [-0.4, -0.2) is 10.2 Å². The molecule has 0 saturated heterocycles. The minimum absolute atomic E-state index is 0.852. The molecule has 1 atom stereocenters. The van der Waals surface area contributed by atoms with E-state index in [2.05, 4.69) is 17.1 Å². The van der Waals surface area contributed by atoms with E-state index < -0.39 is 0 Å². The SMILES string of the molecule is C[C@@H]1CCc2[nH]ncc2C1. The molecular weight excluding hydrogens is 124 g/mol. The molecule has 0 unspecified atom stereocenters. The molecule has 1 aliphatic rings. The van der Waals surface area contributed by atoms with Crippen LogP contribution in [0.5, 0.6) is 0 Å². The average Bonchev–Trinajstić information content (AvgIpc) is 2.33. The molecule has 2 nitrogen and oxygen atoms in total. The van der Waals surface area contributed by atoms with Gasteiger partial charge in [0.1, 0.15) is 0 Å². The van der Waals surface area contributed by atoms with Crippen molar-refractivity contribution in [1.82, 2.24) is 10.2 Å². The highest BCUT2D eigenvalue weighted by molar-refractivity contribution is 5.19. The number of H-pyrrole nitrogens is 1. The summed E-state index contributed by atoms with van der Waals surface area (Å²) in [5.41, 5.74) is 2.79. The lowest BCUT2D eigenvalue weighted by Crippen LogP contribution is -2.09. The predicted molar refractivity (Wildman–Crippen MR) is 39.8 cm³/mol. The molecule has 1 aromatic heterocycles. The van der Waals surface area contributed by atoms with E-state index in [0.717, 1.165) is 5.92 Å². The summed E-state index contributed by atoms with van der Waals surface area (Å²) < 4.78 is 0. The van der Waals surface area contributed by atoms with Gasteiger partial charge in [0.05, 0.1) is 6.20 Å². The maximum absolute atomic E-state index is 4.01. The lowest BCUT2D eigenvalue weighted by Gasteiger charge is -2.16. The second-order valence-corrected chi connectivity index (χ2v) is 3.22. The van der Waals surface area contributed by atoms with E-state index >= 15 is 0 Å². The van der Waals surface area contributed by atoms with Crippen molar-refractivity contribution < 1.29 is 0 Å². The standard InChI is InChI=1S/C8H12N2/c1-6-2-3-8-7(4-6)5-9-10-8/h5-6H,2-4H2,1H3,(H,9,10)/t6-/m1/s1. The second kappa shape index (κ2) is 2.11. The summed E-state index contributed by atoms with van der Waals surface area (Å²) in [6, 6.07) is 0. The van der Waals surface area contributed by atoms with Gasteiger partial charge in [0.25, 0.3) is 0 Å². The van der Waals surface area contributed by atoms with Crippen LogP contribution in [0.15, 0.2) is 6.20 Å². The van der Waals surface area contributed by atoms with Crippen LogP contribution >= 0.6 is 0 Å². The molecule has 0 bridgehead atoms. The number of hydrogen-bond acceptors (Lipinski definition) is 1. The predicted octanol–water partition coefficient (Wildman–Crippen LogP) is 1.53. The van der Waals surface area contributed by atoms with Crippen LogP contribution in [0, 0.1) is 5.92 Å². The van der Waals surface area contributed by atoms with E-state index in [1.807, 2.05) is 6.20 Å². The largest absolute Gasteiger partial charge is 0.282 e. The average molecular weight is 136 g/mol. The van der Waals surface area contributed by atoms with Crippen LogP contribution in [0.25, 0.3) is 0 Å². The third-order valence-corrected chi connectivity index (χ3v) is 2.26. The second-order valence-electron chi connectivity index (χ2n) is 3.22. The third kappa shape index (κ3) is 0.838. The van der Waals surface area contributed by atoms with Crippen molar-refractivity contribution in [2.45, 2.75) is 26.2 Å². The third-order valence-electron chi connectivity index (χ3n) is 2.26. The van der Waals surface area contributed by atoms with E-state index in [1.165, 1.54) is 30.5 Å². The zero-order chi connectivity index (χ0) is 6.97. The normalized spacial score (nSPS) is 24.3. The molecule has 1 heterocycles. The van der Waals surface area contributed by atoms with Crippen molar-refractivity contribution in [2.75, 3.05) is 0 Å². The van der Waals surface area contributed by atoms with E-state index in [-0.39, 0.29) is 0 Å². The van der Waals surface area contributed by atoms with E-state index in [4.69, 9.17) is 0 Å². The summed E-state index contributed by atoms with van der Waals surface area (Å²) in [7, 11) is 0. The molecule has 2 rings (SSSR count). The van der Waals surface area contributed by atoms with Crippen LogP contribution in [0.4, 0.5) is 0 Å². The smallest absolute Gasteiger partial charge is 0.0522 e. The van der Waals surface area contributed by atoms with E-state index in [1.54, 1.807) is 0 Å². The molecule has 1 N–H and O–H groups in total. The fourth-order valence-electron chi connectivity index (χ4n) is 1.60. The number of nitrogens with one attached hydrogen (secondary N) is 1. The Bertz CT molecular complexity index is 227. The highest BCUT2D eigenvalue weighted by Gasteiger charge is 2.15. The molecule has 1 aliphatic carbocycles. The van der Waals surface area contributed by atoms with Gasteiger partial charge in [0.2, 0.25) is 0 Å². The highest BCUT2D eigenvalue weighted by atomic mass is 15.1. The van der Waals surface area contributed by atoms with Gasteiger partial charge in [-0.2, -0.15) is 5.10 Å². The van der Waals surface area contributed by atoms with Crippen LogP contribution in [0.1, 0.15) is 24.6 Å². The van der Waals surface area contributed by atoms with Crippen molar-refractivity contribution in [1.29, 1.82) is 0 Å². The molecule has 0 saturated carbocycles. The first kappa shape index (κ1) is 5.96. The molecule has 1 aromatic rings. The van der Waals surface area contributed by atoms with Gasteiger partial charge in [0, 0.05) is 5.69 Å². The number of aromatic nitrogens is 2. The first-order chi connectivity index (χ1) is 4.86. The van der Waals surface area contributed by atoms with Gasteiger partial charge < -0.3 is 0 Å². The van der Waals surface area contributed by atoms with Crippen LogP contribution in [-0.2, 0) is 12.8 Å². The van der Waals surface area contributed by atoms with Gasteiger partial charge in [-0.15, -0.1) is 0 Å². The Labute approximate surface area is 60.6 Å². The molecular formula is C8H12N2. The topological polar surface area (TPSA) is 28.7 Å². The molecule has 0 radical (unpaired) electrons. The van der Waals surface area contributed by atoms with Crippen molar-refractivity contribution in [2.24, 2.45) is 5.92 Å². The first-order valence-electron chi connectivity index (χ1n) is 3.87. The van der Waals surface area contributed by atoms with Gasteiger partial charge in [-0.3, -0.25) is 5.10 Å². The van der Waals surface area contributed by atoms with Gasteiger partial charge in [-0.1, -0.05) is 6.92 Å². The fourth-order valence-corrected chi connectivity index (χ4v) is 1.60. The summed E-state index contributed by atoms with van der Waals surface area (Å²) in [5, 5.41) is 7.04. The van der Waals surface area contributed by atoms with Crippen LogP contribution in [0.3, 0.4) is 0 Å². The van der Waals surface area contributed by atoms with Crippen LogP contribution < -0.4 is 0 Å². The summed E-state index contributed by atoms with van der Waals surface area (Å²) in [4.78, 5) is 0. The minimum atomic E-state index is 0.852. The zero-order valence-corrected chi connectivity index (χ0v) is 6.22. The maximum Gasteiger partial charge on any atom is 0.0522 e. The lowest BCUT2D eigenvalue weighted by molar-refractivity contribution is 0.497. The van der Waals surface area contributed by atoms with Gasteiger partial charge in [-0.25, -0.2) is 0 Å². The number of aryl methyl sites for hydroxylation is 1. The monoisotopic (exact) mass is 136 g/mol. The van der Waals surface area contributed by atoms with Crippen molar-refractivity contribution in [3.05, 3.63) is 17.5 Å². The Morgan fingerprint density at radius 1 is 1.70 bits per heavy atom. The number of nitrogens with zero attached hydrogens (tertiary/aromatic N) is 1. The van der Waals surface area contributed by atoms with Crippen molar-refractivity contribution >= 4 is 0 Å². The molecule has 0 fully saturated rings. The Hall–Kier alpha value is -0.790. The number of aromatic amines is 1. The number of hydrogen-bond donors (Lipinski definition) is 1. The van der Waals surface area contributed by atoms with E-state index in [0.29, 0.717) is 0 Å². The summed E-state index contributed by atoms with van der Waals surface area (Å²) in [5.74, 6) is 0.852. The Morgan fingerprint density at radius 3 is 3.50 bits per heavy atom. The van der Waals surface area contributed by atoms with Crippen LogP contribution in [0.2, 0.25) is 0 Å². The molecule has 2 heteroatoms. The van der Waals surface area contributed by atoms with E-state index in [9.17, 15) is 0 Å². The van der Waals surface area contributed by atoms with Gasteiger partial charge in [0.15, 0.2) is 0 Å². The molecule has 0 spiro atoms.